The van der Waals surface area contributed by atoms with Gasteiger partial charge in [0.15, 0.2) is 0 Å². The van der Waals surface area contributed by atoms with E-state index in [9.17, 15) is 0 Å². The molecule has 18 heavy (non-hydrogen) atoms. The summed E-state index contributed by atoms with van der Waals surface area (Å²) < 4.78 is 0. The van der Waals surface area contributed by atoms with Crippen LogP contribution in [0.2, 0.25) is 0 Å². The maximum absolute atomic E-state index is 4.37. The molecule has 0 aliphatic heterocycles. The summed E-state index contributed by atoms with van der Waals surface area (Å²) in [6, 6.07) is 12.9. The van der Waals surface area contributed by atoms with Gasteiger partial charge in [0.05, 0.1) is 5.69 Å². The Morgan fingerprint density at radius 3 is 2.67 bits per heavy atom. The molecule has 2 nitrogen and oxygen atoms in total. The van der Waals surface area contributed by atoms with Crippen LogP contribution in [-0.4, -0.2) is 11.5 Å². The van der Waals surface area contributed by atoms with Crippen molar-refractivity contribution in [3.8, 4) is 0 Å². The summed E-state index contributed by atoms with van der Waals surface area (Å²) in [7, 11) is 0. The summed E-state index contributed by atoms with van der Waals surface area (Å²) in [5, 5.41) is 3.43. The second-order valence-electron chi connectivity index (χ2n) is 4.74. The fourth-order valence-electron chi connectivity index (χ4n) is 1.92. The zero-order valence-corrected chi connectivity index (χ0v) is 11.1. The molecular formula is C16H20N2. The third-order valence-corrected chi connectivity index (χ3v) is 2.95. The van der Waals surface area contributed by atoms with Crippen molar-refractivity contribution in [1.82, 2.24) is 10.3 Å². The number of hydrogen-bond donors (Lipinski definition) is 1. The molecule has 1 aromatic carbocycles. The molecule has 2 aromatic rings. The Kier molecular flexibility index (Phi) is 4.48. The van der Waals surface area contributed by atoms with Crippen molar-refractivity contribution in [2.24, 2.45) is 0 Å². The second kappa shape index (κ2) is 6.31. The number of rotatable bonds is 5. The Labute approximate surface area is 109 Å². The first-order chi connectivity index (χ1) is 8.74. The van der Waals surface area contributed by atoms with Gasteiger partial charge in [0.25, 0.3) is 0 Å². The minimum absolute atomic E-state index is 0.839. The lowest BCUT2D eigenvalue weighted by Gasteiger charge is -2.05. The van der Waals surface area contributed by atoms with E-state index >= 15 is 0 Å². The van der Waals surface area contributed by atoms with Crippen LogP contribution in [0.25, 0.3) is 0 Å². The van der Waals surface area contributed by atoms with E-state index < -0.39 is 0 Å². The second-order valence-corrected chi connectivity index (χ2v) is 4.74. The highest BCUT2D eigenvalue weighted by Crippen LogP contribution is 2.04. The van der Waals surface area contributed by atoms with Crippen LogP contribution in [0.15, 0.2) is 42.6 Å². The van der Waals surface area contributed by atoms with Crippen LogP contribution in [-0.2, 0) is 13.0 Å². The van der Waals surface area contributed by atoms with Crippen LogP contribution in [0.4, 0.5) is 0 Å². The molecule has 1 N–H and O–H groups in total. The number of hydrogen-bond acceptors (Lipinski definition) is 2. The first kappa shape index (κ1) is 12.8. The number of nitrogens with one attached hydrogen (secondary N) is 1. The van der Waals surface area contributed by atoms with Crippen molar-refractivity contribution in [1.29, 1.82) is 0 Å². The molecule has 1 heterocycles. The van der Waals surface area contributed by atoms with Crippen LogP contribution in [0.3, 0.4) is 0 Å². The number of nitrogens with zero attached hydrogens (tertiary/aromatic N) is 1. The predicted molar refractivity (Wildman–Crippen MR) is 75.6 cm³/mol. The summed E-state index contributed by atoms with van der Waals surface area (Å²) in [4.78, 5) is 4.37. The molecule has 0 atom stereocenters. The molecule has 0 aliphatic rings. The van der Waals surface area contributed by atoms with Crippen LogP contribution in [0.1, 0.15) is 22.4 Å². The van der Waals surface area contributed by atoms with Crippen molar-refractivity contribution in [2.45, 2.75) is 26.8 Å². The van der Waals surface area contributed by atoms with Crippen LogP contribution in [0.5, 0.6) is 0 Å². The van der Waals surface area contributed by atoms with E-state index in [-0.39, 0.29) is 0 Å². The summed E-state index contributed by atoms with van der Waals surface area (Å²) in [6.45, 7) is 6.01. The molecule has 0 bridgehead atoms. The van der Waals surface area contributed by atoms with Gasteiger partial charge in [-0.05, 0) is 44.0 Å². The van der Waals surface area contributed by atoms with Gasteiger partial charge in [-0.3, -0.25) is 4.98 Å². The lowest BCUT2D eigenvalue weighted by atomic mass is 10.1. The maximum Gasteiger partial charge on any atom is 0.0541 e. The zero-order chi connectivity index (χ0) is 12.8. The average molecular weight is 240 g/mol. The van der Waals surface area contributed by atoms with Gasteiger partial charge >= 0.3 is 0 Å². The maximum atomic E-state index is 4.37. The summed E-state index contributed by atoms with van der Waals surface area (Å²) in [6.07, 6.45) is 2.98. The third-order valence-electron chi connectivity index (χ3n) is 2.95. The van der Waals surface area contributed by atoms with Crippen LogP contribution in [0, 0.1) is 13.8 Å². The van der Waals surface area contributed by atoms with Crippen LogP contribution < -0.4 is 5.32 Å². The lowest BCUT2D eigenvalue weighted by molar-refractivity contribution is 0.674. The smallest absolute Gasteiger partial charge is 0.0541 e. The van der Waals surface area contributed by atoms with Crippen molar-refractivity contribution in [3.63, 3.8) is 0 Å². The Morgan fingerprint density at radius 1 is 1.06 bits per heavy atom. The van der Waals surface area contributed by atoms with E-state index in [1.807, 2.05) is 6.20 Å². The SMILES string of the molecule is Cc1ccc(CNCCc2cccc(C)c2)nc1. The minimum atomic E-state index is 0.839. The largest absolute Gasteiger partial charge is 0.311 e. The first-order valence-corrected chi connectivity index (χ1v) is 6.42. The molecule has 94 valence electrons. The van der Waals surface area contributed by atoms with Gasteiger partial charge < -0.3 is 5.32 Å². The van der Waals surface area contributed by atoms with Gasteiger partial charge in [-0.25, -0.2) is 0 Å². The molecule has 0 radical (unpaired) electrons. The van der Waals surface area contributed by atoms with E-state index in [0.29, 0.717) is 0 Å². The molecule has 0 fully saturated rings. The Hall–Kier alpha value is -1.67. The number of pyridine rings is 1. The van der Waals surface area contributed by atoms with Crippen molar-refractivity contribution >= 4 is 0 Å². The van der Waals surface area contributed by atoms with E-state index in [2.05, 4.69) is 60.5 Å². The van der Waals surface area contributed by atoms with Gasteiger partial charge in [0.1, 0.15) is 0 Å². The van der Waals surface area contributed by atoms with Gasteiger partial charge in [0, 0.05) is 12.7 Å². The number of aromatic nitrogens is 1. The average Bonchev–Trinajstić information content (AvgIpc) is 2.37. The highest BCUT2D eigenvalue weighted by molar-refractivity contribution is 5.22. The Bertz CT molecular complexity index is 489. The first-order valence-electron chi connectivity index (χ1n) is 6.42. The topological polar surface area (TPSA) is 24.9 Å². The number of aryl methyl sites for hydroxylation is 2. The fourth-order valence-corrected chi connectivity index (χ4v) is 1.92. The van der Waals surface area contributed by atoms with Gasteiger partial charge in [-0.1, -0.05) is 35.9 Å². The molecule has 0 unspecified atom stereocenters. The fraction of sp³-hybridized carbons (Fsp3) is 0.312. The van der Waals surface area contributed by atoms with Gasteiger partial charge in [-0.2, -0.15) is 0 Å². The molecular weight excluding hydrogens is 220 g/mol. The molecule has 2 rings (SSSR count). The Balaban J connectivity index is 1.74. The molecule has 0 saturated carbocycles. The third kappa shape index (κ3) is 3.97. The molecule has 0 amide bonds. The van der Waals surface area contributed by atoms with Gasteiger partial charge in [-0.15, -0.1) is 0 Å². The summed E-state index contributed by atoms with van der Waals surface area (Å²) in [5.74, 6) is 0. The van der Waals surface area contributed by atoms with E-state index in [4.69, 9.17) is 0 Å². The Morgan fingerprint density at radius 2 is 1.94 bits per heavy atom. The highest BCUT2D eigenvalue weighted by Gasteiger charge is 1.95. The monoisotopic (exact) mass is 240 g/mol. The van der Waals surface area contributed by atoms with E-state index in [1.54, 1.807) is 0 Å². The zero-order valence-electron chi connectivity index (χ0n) is 11.1. The standard InChI is InChI=1S/C16H20N2/c1-13-4-3-5-15(10-13)8-9-17-12-16-7-6-14(2)11-18-16/h3-7,10-11,17H,8-9,12H2,1-2H3. The molecule has 0 saturated heterocycles. The quantitative estimate of drug-likeness (QED) is 0.813. The predicted octanol–water partition coefficient (Wildman–Crippen LogP) is 3.03. The van der Waals surface area contributed by atoms with Crippen molar-refractivity contribution in [3.05, 3.63) is 65.0 Å². The number of benzene rings is 1. The summed E-state index contributed by atoms with van der Waals surface area (Å²) >= 11 is 0. The van der Waals surface area contributed by atoms with Gasteiger partial charge in [0.2, 0.25) is 0 Å². The highest BCUT2D eigenvalue weighted by atomic mass is 14.9. The lowest BCUT2D eigenvalue weighted by Crippen LogP contribution is -2.17. The van der Waals surface area contributed by atoms with Crippen molar-refractivity contribution in [2.75, 3.05) is 6.54 Å². The summed E-state index contributed by atoms with van der Waals surface area (Å²) in [5.41, 5.74) is 5.02. The minimum Gasteiger partial charge on any atom is -0.311 e. The van der Waals surface area contributed by atoms with E-state index in [1.165, 1.54) is 16.7 Å². The molecule has 0 spiro atoms. The molecule has 1 aromatic heterocycles. The normalized spacial score (nSPS) is 10.6. The molecule has 2 heteroatoms. The van der Waals surface area contributed by atoms with Crippen molar-refractivity contribution < 1.29 is 0 Å². The van der Waals surface area contributed by atoms with E-state index in [0.717, 1.165) is 25.2 Å². The van der Waals surface area contributed by atoms with Crippen LogP contribution >= 0.6 is 0 Å². The molecule has 0 aliphatic carbocycles.